The molecule has 1 atom stereocenters. The van der Waals surface area contributed by atoms with E-state index in [1.165, 1.54) is 0 Å². The number of hydrogen-bond acceptors (Lipinski definition) is 3. The summed E-state index contributed by atoms with van der Waals surface area (Å²) in [7, 11) is 0. The molecule has 0 aliphatic heterocycles. The molecule has 6 heteroatoms. The van der Waals surface area contributed by atoms with E-state index in [0.717, 1.165) is 0 Å². The minimum Gasteiger partial charge on any atom is -0.481 e. The van der Waals surface area contributed by atoms with Crippen molar-refractivity contribution < 1.29 is 39.3 Å². The molecule has 0 radical (unpaired) electrons. The zero-order valence-electron chi connectivity index (χ0n) is 5.28. The van der Waals surface area contributed by atoms with Gasteiger partial charge in [0.05, 0.1) is 6.42 Å². The Hall–Kier alpha value is -0.477. The van der Waals surface area contributed by atoms with Crippen LogP contribution in [-0.2, 0) is 29.1 Å². The maximum absolute atomic E-state index is 9.85. The van der Waals surface area contributed by atoms with Gasteiger partial charge in [-0.1, -0.05) is 0 Å². The fourth-order valence-corrected chi connectivity index (χ4v) is 0.275. The summed E-state index contributed by atoms with van der Waals surface area (Å²) < 4.78 is 0. The molecule has 0 aliphatic carbocycles. The number of nitrogens with two attached hydrogens (primary N) is 1. The minimum absolute atomic E-state index is 0. The fraction of sp³-hybridized carbons (Fsp3) is 0.500. The van der Waals surface area contributed by atoms with E-state index in [-0.39, 0.29) is 19.5 Å². The van der Waals surface area contributed by atoms with E-state index in [1.54, 1.807) is 0 Å². The molecular weight excluding hydrogens is 191 g/mol. The van der Waals surface area contributed by atoms with Crippen LogP contribution in [0, 0.1) is 0 Å². The van der Waals surface area contributed by atoms with E-state index in [2.05, 4.69) is 0 Å². The van der Waals surface area contributed by atoms with Crippen LogP contribution in [0.3, 0.4) is 0 Å². The van der Waals surface area contributed by atoms with E-state index in [0.29, 0.717) is 0 Å². The Labute approximate surface area is 70.0 Å². The van der Waals surface area contributed by atoms with Crippen LogP contribution in [0.5, 0.6) is 0 Å². The summed E-state index contributed by atoms with van der Waals surface area (Å²) in [5.74, 6) is -2.50. The molecule has 0 aromatic carbocycles. The van der Waals surface area contributed by atoms with Crippen molar-refractivity contribution in [3.05, 3.63) is 0 Å². The van der Waals surface area contributed by atoms with Crippen molar-refractivity contribution >= 4 is 11.9 Å². The third-order valence-electron chi connectivity index (χ3n) is 0.712. The number of rotatable bonds is 3. The van der Waals surface area contributed by atoms with Gasteiger partial charge in [0.25, 0.3) is 0 Å². The fourth-order valence-electron chi connectivity index (χ4n) is 0.275. The Kier molecular flexibility index (Phi) is 6.50. The SMILES string of the molecule is N[C@@H](CC(=O)O)C(=O)O.[Zn]. The molecule has 0 unspecified atom stereocenters. The molecule has 0 amide bonds. The molecule has 0 spiro atoms. The second kappa shape index (κ2) is 5.32. The summed E-state index contributed by atoms with van der Waals surface area (Å²) in [5.41, 5.74) is 4.84. The smallest absolute Gasteiger partial charge is 0.321 e. The number of aliphatic carboxylic acids is 2. The van der Waals surface area contributed by atoms with Crippen molar-refractivity contribution in [2.45, 2.75) is 12.5 Å². The molecule has 4 N–H and O–H groups in total. The van der Waals surface area contributed by atoms with Crippen LogP contribution in [0.4, 0.5) is 0 Å². The van der Waals surface area contributed by atoms with Gasteiger partial charge in [-0.25, -0.2) is 0 Å². The Morgan fingerprint density at radius 2 is 1.80 bits per heavy atom. The van der Waals surface area contributed by atoms with Gasteiger partial charge >= 0.3 is 11.9 Å². The van der Waals surface area contributed by atoms with E-state index in [4.69, 9.17) is 15.9 Å². The van der Waals surface area contributed by atoms with Gasteiger partial charge in [-0.05, 0) is 0 Å². The molecule has 0 saturated heterocycles. The van der Waals surface area contributed by atoms with E-state index in [1.807, 2.05) is 0 Å². The largest absolute Gasteiger partial charge is 0.481 e. The molecule has 0 aromatic rings. The van der Waals surface area contributed by atoms with E-state index < -0.39 is 24.4 Å². The summed E-state index contributed by atoms with van der Waals surface area (Å²) in [6, 6.07) is -1.29. The quantitative estimate of drug-likeness (QED) is 0.498. The molecule has 0 aromatic heterocycles. The van der Waals surface area contributed by atoms with Gasteiger partial charge in [0, 0.05) is 19.5 Å². The molecule has 0 rings (SSSR count). The Balaban J connectivity index is 0. The molecule has 0 bridgehead atoms. The van der Waals surface area contributed by atoms with Crippen LogP contribution < -0.4 is 5.73 Å². The predicted octanol–water partition coefficient (Wildman–Crippen LogP) is -1.13. The number of carbonyl (C=O) groups is 2. The van der Waals surface area contributed by atoms with Crippen molar-refractivity contribution in [3.8, 4) is 0 Å². The molecule has 54 valence electrons. The van der Waals surface area contributed by atoms with Crippen LogP contribution >= 0.6 is 0 Å². The number of carboxylic acids is 2. The van der Waals surface area contributed by atoms with Crippen molar-refractivity contribution in [2.75, 3.05) is 0 Å². The first kappa shape index (κ1) is 12.2. The van der Waals surface area contributed by atoms with Gasteiger partial charge in [0.15, 0.2) is 0 Å². The van der Waals surface area contributed by atoms with Crippen molar-refractivity contribution in [3.63, 3.8) is 0 Å². The van der Waals surface area contributed by atoms with Gasteiger partial charge in [-0.15, -0.1) is 0 Å². The average Bonchev–Trinajstić information content (AvgIpc) is 1.63. The van der Waals surface area contributed by atoms with Crippen LogP contribution in [0.25, 0.3) is 0 Å². The van der Waals surface area contributed by atoms with E-state index >= 15 is 0 Å². The number of hydrogen-bond donors (Lipinski definition) is 3. The van der Waals surface area contributed by atoms with Crippen molar-refractivity contribution in [1.29, 1.82) is 0 Å². The van der Waals surface area contributed by atoms with Crippen LogP contribution in [0.2, 0.25) is 0 Å². The monoisotopic (exact) mass is 197 g/mol. The Morgan fingerprint density at radius 1 is 1.40 bits per heavy atom. The summed E-state index contributed by atoms with van der Waals surface area (Å²) in [5, 5.41) is 16.0. The van der Waals surface area contributed by atoms with Gasteiger partial charge in [0.2, 0.25) is 0 Å². The molecule has 0 saturated carbocycles. The third-order valence-corrected chi connectivity index (χ3v) is 0.712. The van der Waals surface area contributed by atoms with Crippen molar-refractivity contribution in [2.24, 2.45) is 5.73 Å². The summed E-state index contributed by atoms with van der Waals surface area (Å²) in [6.07, 6.45) is -0.532. The molecule has 0 aliphatic rings. The minimum atomic E-state index is -1.29. The number of carboxylic acid groups (broad SMARTS) is 2. The third kappa shape index (κ3) is 5.66. The molecule has 0 fully saturated rings. The summed E-state index contributed by atoms with van der Waals surface area (Å²) >= 11 is 0. The van der Waals surface area contributed by atoms with Gasteiger partial charge in [-0.2, -0.15) is 0 Å². The second-order valence-corrected chi connectivity index (χ2v) is 1.54. The van der Waals surface area contributed by atoms with Gasteiger partial charge in [0.1, 0.15) is 6.04 Å². The Morgan fingerprint density at radius 3 is 1.90 bits per heavy atom. The zero-order chi connectivity index (χ0) is 7.44. The molecular formula is C4H7NO4Zn. The maximum atomic E-state index is 9.85. The van der Waals surface area contributed by atoms with Crippen molar-refractivity contribution in [1.82, 2.24) is 0 Å². The first-order chi connectivity index (χ1) is 4.04. The standard InChI is InChI=1S/C4H7NO4.Zn/c5-2(4(8)9)1-3(6)7;/h2H,1,5H2,(H,6,7)(H,8,9);/t2-;/m0./s1. The molecule has 0 heterocycles. The van der Waals surface area contributed by atoms with Gasteiger partial charge in [-0.3, -0.25) is 9.59 Å². The molecule has 5 nitrogen and oxygen atoms in total. The van der Waals surface area contributed by atoms with Crippen LogP contribution in [0.1, 0.15) is 6.42 Å². The average molecular weight is 198 g/mol. The summed E-state index contributed by atoms with van der Waals surface area (Å²) in [4.78, 5) is 19.6. The normalized spacial score (nSPS) is 11.3. The Bertz CT molecular complexity index is 137. The zero-order valence-corrected chi connectivity index (χ0v) is 8.25. The summed E-state index contributed by atoms with van der Waals surface area (Å²) in [6.45, 7) is 0. The first-order valence-electron chi connectivity index (χ1n) is 2.24. The van der Waals surface area contributed by atoms with Crippen LogP contribution in [-0.4, -0.2) is 28.2 Å². The maximum Gasteiger partial charge on any atom is 0.321 e. The van der Waals surface area contributed by atoms with Crippen LogP contribution in [0.15, 0.2) is 0 Å². The topological polar surface area (TPSA) is 101 Å². The van der Waals surface area contributed by atoms with Gasteiger partial charge < -0.3 is 15.9 Å². The van der Waals surface area contributed by atoms with E-state index in [9.17, 15) is 9.59 Å². The second-order valence-electron chi connectivity index (χ2n) is 1.54. The molecule has 10 heavy (non-hydrogen) atoms. The first-order valence-corrected chi connectivity index (χ1v) is 2.24. The predicted molar refractivity (Wildman–Crippen MR) is 27.9 cm³/mol.